The fourth-order valence-electron chi connectivity index (χ4n) is 1.25. The number of nitrogen functional groups attached to an aromatic ring is 1. The van der Waals surface area contributed by atoms with Gasteiger partial charge in [0.05, 0.1) is 12.8 Å². The SMILES string of the molecule is CCOC(=O)c1cnn(CC(C)C)c1N. The molecule has 0 unspecified atom stereocenters. The Labute approximate surface area is 89.2 Å². The number of esters is 1. The van der Waals surface area contributed by atoms with Crippen molar-refractivity contribution in [1.29, 1.82) is 0 Å². The quantitative estimate of drug-likeness (QED) is 0.762. The summed E-state index contributed by atoms with van der Waals surface area (Å²) in [4.78, 5) is 11.4. The number of anilines is 1. The molecule has 1 aromatic rings. The second-order valence-corrected chi connectivity index (χ2v) is 3.74. The predicted octanol–water partition coefficient (Wildman–Crippen LogP) is 1.30. The molecule has 0 aliphatic heterocycles. The maximum absolute atomic E-state index is 11.4. The topological polar surface area (TPSA) is 70.1 Å². The van der Waals surface area contributed by atoms with Crippen LogP contribution in [0.3, 0.4) is 0 Å². The summed E-state index contributed by atoms with van der Waals surface area (Å²) in [5, 5.41) is 4.05. The lowest BCUT2D eigenvalue weighted by Crippen LogP contribution is -2.12. The summed E-state index contributed by atoms with van der Waals surface area (Å²) in [7, 11) is 0. The van der Waals surface area contributed by atoms with Crippen LogP contribution in [0, 0.1) is 5.92 Å². The first-order valence-corrected chi connectivity index (χ1v) is 5.04. The van der Waals surface area contributed by atoms with Crippen LogP contribution < -0.4 is 5.73 Å². The van der Waals surface area contributed by atoms with Crippen LogP contribution in [0.15, 0.2) is 6.20 Å². The van der Waals surface area contributed by atoms with Gasteiger partial charge in [-0.2, -0.15) is 5.10 Å². The molecule has 5 heteroatoms. The van der Waals surface area contributed by atoms with Crippen molar-refractivity contribution in [3.63, 3.8) is 0 Å². The Hall–Kier alpha value is -1.52. The highest BCUT2D eigenvalue weighted by Crippen LogP contribution is 2.13. The van der Waals surface area contributed by atoms with E-state index in [-0.39, 0.29) is 0 Å². The third kappa shape index (κ3) is 2.71. The maximum Gasteiger partial charge on any atom is 0.343 e. The van der Waals surface area contributed by atoms with E-state index in [2.05, 4.69) is 18.9 Å². The highest BCUT2D eigenvalue weighted by molar-refractivity contribution is 5.93. The molecule has 1 heterocycles. The zero-order chi connectivity index (χ0) is 11.4. The van der Waals surface area contributed by atoms with Gasteiger partial charge in [-0.25, -0.2) is 9.48 Å². The Balaban J connectivity index is 2.84. The summed E-state index contributed by atoms with van der Waals surface area (Å²) in [6.45, 7) is 6.92. The molecule has 0 saturated carbocycles. The normalized spacial score (nSPS) is 10.7. The number of hydrogen-bond acceptors (Lipinski definition) is 4. The van der Waals surface area contributed by atoms with Gasteiger partial charge in [0.2, 0.25) is 0 Å². The van der Waals surface area contributed by atoms with E-state index in [1.165, 1.54) is 6.20 Å². The Bertz CT molecular complexity index is 344. The smallest absolute Gasteiger partial charge is 0.343 e. The second kappa shape index (κ2) is 4.82. The average molecular weight is 211 g/mol. The number of ether oxygens (including phenoxy) is 1. The van der Waals surface area contributed by atoms with Gasteiger partial charge in [0.25, 0.3) is 0 Å². The third-order valence-corrected chi connectivity index (χ3v) is 1.91. The van der Waals surface area contributed by atoms with Crippen LogP contribution in [0.1, 0.15) is 31.1 Å². The van der Waals surface area contributed by atoms with Crippen molar-refractivity contribution in [2.75, 3.05) is 12.3 Å². The number of carbonyl (C=O) groups excluding carboxylic acids is 1. The molecular weight excluding hydrogens is 194 g/mol. The minimum absolute atomic E-state index is 0.341. The summed E-state index contributed by atoms with van der Waals surface area (Å²) in [6.07, 6.45) is 1.45. The lowest BCUT2D eigenvalue weighted by Gasteiger charge is -2.07. The molecule has 1 rings (SSSR count). The zero-order valence-electron chi connectivity index (χ0n) is 9.36. The number of hydrogen-bond donors (Lipinski definition) is 1. The lowest BCUT2D eigenvalue weighted by molar-refractivity contribution is 0.0527. The molecule has 0 aromatic carbocycles. The zero-order valence-corrected chi connectivity index (χ0v) is 9.36. The van der Waals surface area contributed by atoms with Gasteiger partial charge in [-0.05, 0) is 12.8 Å². The molecule has 0 spiro atoms. The van der Waals surface area contributed by atoms with Gasteiger partial charge in [0, 0.05) is 6.54 Å². The summed E-state index contributed by atoms with van der Waals surface area (Å²) in [5.74, 6) is 0.398. The summed E-state index contributed by atoms with van der Waals surface area (Å²) in [5.41, 5.74) is 6.13. The minimum Gasteiger partial charge on any atom is -0.462 e. The van der Waals surface area contributed by atoms with E-state index in [1.807, 2.05) is 0 Å². The highest BCUT2D eigenvalue weighted by atomic mass is 16.5. The molecule has 5 nitrogen and oxygen atoms in total. The first kappa shape index (κ1) is 11.6. The average Bonchev–Trinajstić information content (AvgIpc) is 2.48. The first-order valence-electron chi connectivity index (χ1n) is 5.04. The maximum atomic E-state index is 11.4. The summed E-state index contributed by atoms with van der Waals surface area (Å²) >= 11 is 0. The number of rotatable bonds is 4. The molecule has 84 valence electrons. The lowest BCUT2D eigenvalue weighted by atomic mass is 10.2. The van der Waals surface area contributed by atoms with E-state index in [0.29, 0.717) is 30.5 Å². The third-order valence-electron chi connectivity index (χ3n) is 1.91. The molecule has 0 saturated heterocycles. The van der Waals surface area contributed by atoms with Crippen molar-refractivity contribution >= 4 is 11.8 Å². The number of carbonyl (C=O) groups is 1. The molecule has 0 fully saturated rings. The summed E-state index contributed by atoms with van der Waals surface area (Å²) in [6, 6.07) is 0. The van der Waals surface area contributed by atoms with Crippen LogP contribution in [-0.4, -0.2) is 22.4 Å². The van der Waals surface area contributed by atoms with Gasteiger partial charge in [-0.3, -0.25) is 0 Å². The molecule has 0 atom stereocenters. The van der Waals surface area contributed by atoms with Gasteiger partial charge in [-0.15, -0.1) is 0 Å². The van der Waals surface area contributed by atoms with Gasteiger partial charge in [0.15, 0.2) is 0 Å². The number of aromatic nitrogens is 2. The molecular formula is C10H17N3O2. The van der Waals surface area contributed by atoms with Crippen molar-refractivity contribution in [1.82, 2.24) is 9.78 Å². The number of nitrogens with zero attached hydrogens (tertiary/aromatic N) is 2. The Kier molecular flexibility index (Phi) is 3.71. The van der Waals surface area contributed by atoms with E-state index in [4.69, 9.17) is 10.5 Å². The Morgan fingerprint density at radius 1 is 1.67 bits per heavy atom. The highest BCUT2D eigenvalue weighted by Gasteiger charge is 2.16. The van der Waals surface area contributed by atoms with Gasteiger partial charge in [0.1, 0.15) is 11.4 Å². The molecule has 0 amide bonds. The predicted molar refractivity (Wildman–Crippen MR) is 57.4 cm³/mol. The van der Waals surface area contributed by atoms with Gasteiger partial charge in [-0.1, -0.05) is 13.8 Å². The Morgan fingerprint density at radius 3 is 2.87 bits per heavy atom. The van der Waals surface area contributed by atoms with Gasteiger partial charge < -0.3 is 10.5 Å². The van der Waals surface area contributed by atoms with Crippen LogP contribution in [-0.2, 0) is 11.3 Å². The van der Waals surface area contributed by atoms with Crippen LogP contribution in [0.25, 0.3) is 0 Å². The molecule has 1 aromatic heterocycles. The molecule has 15 heavy (non-hydrogen) atoms. The van der Waals surface area contributed by atoms with E-state index in [0.717, 1.165) is 0 Å². The van der Waals surface area contributed by atoms with E-state index in [1.54, 1.807) is 11.6 Å². The van der Waals surface area contributed by atoms with Crippen molar-refractivity contribution < 1.29 is 9.53 Å². The van der Waals surface area contributed by atoms with Crippen molar-refractivity contribution in [2.45, 2.75) is 27.3 Å². The van der Waals surface area contributed by atoms with E-state index in [9.17, 15) is 4.79 Å². The molecule has 0 aliphatic rings. The summed E-state index contributed by atoms with van der Waals surface area (Å²) < 4.78 is 6.48. The number of nitrogens with two attached hydrogens (primary N) is 1. The Morgan fingerprint density at radius 2 is 2.33 bits per heavy atom. The standard InChI is InChI=1S/C10H17N3O2/c1-4-15-10(14)8-5-12-13(9(8)11)6-7(2)3/h5,7H,4,6,11H2,1-3H3. The fourth-order valence-corrected chi connectivity index (χ4v) is 1.25. The van der Waals surface area contributed by atoms with E-state index >= 15 is 0 Å². The minimum atomic E-state index is -0.412. The van der Waals surface area contributed by atoms with Crippen LogP contribution in [0.4, 0.5) is 5.82 Å². The second-order valence-electron chi connectivity index (χ2n) is 3.74. The fraction of sp³-hybridized carbons (Fsp3) is 0.600. The molecule has 0 radical (unpaired) electrons. The molecule has 0 aliphatic carbocycles. The van der Waals surface area contributed by atoms with E-state index < -0.39 is 5.97 Å². The molecule has 0 bridgehead atoms. The van der Waals surface area contributed by atoms with Crippen LogP contribution in [0.5, 0.6) is 0 Å². The van der Waals surface area contributed by atoms with Crippen molar-refractivity contribution in [3.05, 3.63) is 11.8 Å². The van der Waals surface area contributed by atoms with Crippen molar-refractivity contribution in [2.24, 2.45) is 5.92 Å². The first-order chi connectivity index (χ1) is 7.06. The monoisotopic (exact) mass is 211 g/mol. The largest absolute Gasteiger partial charge is 0.462 e. The van der Waals surface area contributed by atoms with Crippen LogP contribution in [0.2, 0.25) is 0 Å². The van der Waals surface area contributed by atoms with Gasteiger partial charge >= 0.3 is 5.97 Å². The van der Waals surface area contributed by atoms with Crippen molar-refractivity contribution in [3.8, 4) is 0 Å². The molecule has 2 N–H and O–H groups in total. The van der Waals surface area contributed by atoms with Crippen LogP contribution >= 0.6 is 0 Å².